The topological polar surface area (TPSA) is 113 Å². The summed E-state index contributed by atoms with van der Waals surface area (Å²) in [7, 11) is 0. The number of aromatic nitrogens is 3. The molecule has 1 unspecified atom stereocenters. The zero-order chi connectivity index (χ0) is 31.7. The summed E-state index contributed by atoms with van der Waals surface area (Å²) in [5.74, 6) is -2.43. The van der Waals surface area contributed by atoms with Gasteiger partial charge in [-0.25, -0.2) is 23.1 Å². The number of carbonyl (C=O) groups excluding carboxylic acids is 1. The maximum Gasteiger partial charge on any atom is 0.258 e. The van der Waals surface area contributed by atoms with E-state index in [0.717, 1.165) is 36.0 Å². The number of aliphatic hydroxyl groups is 1. The summed E-state index contributed by atoms with van der Waals surface area (Å²) in [6.07, 6.45) is 5.85. The second-order valence-electron chi connectivity index (χ2n) is 12.1. The number of nitrogens with one attached hydrogen (secondary N) is 1. The number of anilines is 1. The molecule has 2 N–H and O–H groups in total. The maximum absolute atomic E-state index is 14.4. The highest BCUT2D eigenvalue weighted by Crippen LogP contribution is 2.42. The largest absolute Gasteiger partial charge is 0.490 e. The normalized spacial score (nSPS) is 20.0. The second-order valence-corrected chi connectivity index (χ2v) is 12.1. The quantitative estimate of drug-likeness (QED) is 0.350. The predicted octanol–water partition coefficient (Wildman–Crippen LogP) is 4.68. The summed E-state index contributed by atoms with van der Waals surface area (Å²) >= 11 is 0. The van der Waals surface area contributed by atoms with Gasteiger partial charge in [0.05, 0.1) is 30.1 Å². The fraction of sp³-hybridized carbons (Fsp3) is 0.500. The Balaban J connectivity index is 1.17. The van der Waals surface area contributed by atoms with Crippen LogP contribution in [-0.4, -0.2) is 81.2 Å². The summed E-state index contributed by atoms with van der Waals surface area (Å²) in [6.45, 7) is 5.39. The maximum atomic E-state index is 14.4. The van der Waals surface area contributed by atoms with Crippen molar-refractivity contribution in [1.82, 2.24) is 25.2 Å². The first-order valence-corrected chi connectivity index (χ1v) is 15.3. The summed E-state index contributed by atoms with van der Waals surface area (Å²) in [5.41, 5.74) is 1.79. The van der Waals surface area contributed by atoms with Crippen LogP contribution in [-0.2, 0) is 6.42 Å². The molecule has 1 atom stereocenters. The molecule has 10 nitrogen and oxygen atoms in total. The van der Waals surface area contributed by atoms with Crippen LogP contribution >= 0.6 is 0 Å². The third-order valence-electron chi connectivity index (χ3n) is 8.65. The minimum Gasteiger partial charge on any atom is -0.490 e. The lowest BCUT2D eigenvalue weighted by molar-refractivity contribution is -0.120. The number of hydrogen-bond acceptors (Lipinski definition) is 9. The number of nitrogens with zero attached hydrogens (tertiary/aromatic N) is 5. The first kappa shape index (κ1) is 31.0. The molecule has 13 heteroatoms. The number of benzene rings is 1. The van der Waals surface area contributed by atoms with E-state index >= 15 is 0 Å². The van der Waals surface area contributed by atoms with E-state index in [0.29, 0.717) is 31.7 Å². The molecule has 2 aliphatic heterocycles. The Morgan fingerprint density at radius 2 is 1.93 bits per heavy atom. The van der Waals surface area contributed by atoms with Crippen molar-refractivity contribution in [3.8, 4) is 17.2 Å². The van der Waals surface area contributed by atoms with Crippen molar-refractivity contribution in [2.45, 2.75) is 76.1 Å². The van der Waals surface area contributed by atoms with Crippen molar-refractivity contribution in [3.63, 3.8) is 0 Å². The molecule has 0 radical (unpaired) electrons. The van der Waals surface area contributed by atoms with Gasteiger partial charge < -0.3 is 29.7 Å². The van der Waals surface area contributed by atoms with E-state index in [-0.39, 0.29) is 41.9 Å². The van der Waals surface area contributed by atoms with Gasteiger partial charge in [-0.1, -0.05) is 0 Å². The van der Waals surface area contributed by atoms with E-state index in [9.17, 15) is 23.1 Å². The fourth-order valence-corrected chi connectivity index (χ4v) is 6.44. The number of hydrogen-bond donors (Lipinski definition) is 2. The van der Waals surface area contributed by atoms with Gasteiger partial charge in [-0.15, -0.1) is 0 Å². The zero-order valence-corrected chi connectivity index (χ0v) is 25.3. The Morgan fingerprint density at radius 1 is 1.16 bits per heavy atom. The molecule has 0 bridgehead atoms. The highest BCUT2D eigenvalue weighted by molar-refractivity contribution is 5.97. The van der Waals surface area contributed by atoms with Crippen LogP contribution in [0.1, 0.15) is 67.2 Å². The first-order valence-electron chi connectivity index (χ1n) is 15.3. The molecule has 4 heterocycles. The van der Waals surface area contributed by atoms with Gasteiger partial charge in [0.2, 0.25) is 0 Å². The molecule has 1 amide bonds. The Hall–Kier alpha value is -3.97. The van der Waals surface area contributed by atoms with E-state index in [1.807, 2.05) is 11.0 Å². The van der Waals surface area contributed by atoms with E-state index in [2.05, 4.69) is 20.3 Å². The molecule has 1 aliphatic carbocycles. The highest BCUT2D eigenvalue weighted by atomic mass is 19.3. The number of aliphatic hydroxyl groups excluding tert-OH is 1. The van der Waals surface area contributed by atoms with Crippen LogP contribution in [0.2, 0.25) is 0 Å². The first-order chi connectivity index (χ1) is 21.6. The number of alkyl halides is 2. The minimum atomic E-state index is -2.81. The number of pyridine rings is 1. The smallest absolute Gasteiger partial charge is 0.258 e. The Bertz CT molecular complexity index is 1530. The third kappa shape index (κ3) is 6.55. The van der Waals surface area contributed by atoms with Gasteiger partial charge in [-0.2, -0.15) is 0 Å². The number of rotatable bonds is 9. The Morgan fingerprint density at radius 3 is 2.64 bits per heavy atom. The average Bonchev–Trinajstić information content (AvgIpc) is 3.01. The number of fused-ring (bicyclic) bond motifs is 1. The van der Waals surface area contributed by atoms with Gasteiger partial charge in [-0.05, 0) is 38.1 Å². The lowest BCUT2D eigenvalue weighted by atomic mass is 9.85. The molecule has 240 valence electrons. The fourth-order valence-electron chi connectivity index (χ4n) is 6.44. The highest BCUT2D eigenvalue weighted by Gasteiger charge is 2.50. The Kier molecular flexibility index (Phi) is 8.82. The van der Waals surface area contributed by atoms with Crippen molar-refractivity contribution in [2.75, 3.05) is 31.1 Å². The van der Waals surface area contributed by atoms with Crippen LogP contribution < -0.4 is 19.7 Å². The zero-order valence-electron chi connectivity index (χ0n) is 25.3. The molecule has 3 aromatic rings. The van der Waals surface area contributed by atoms with Gasteiger partial charge in [0.15, 0.2) is 11.6 Å². The average molecular weight is 627 g/mol. The summed E-state index contributed by atoms with van der Waals surface area (Å²) in [6, 6.07) is 4.22. The summed E-state index contributed by atoms with van der Waals surface area (Å²) in [5, 5.41) is 13.2. The number of halogens is 3. The third-order valence-corrected chi connectivity index (χ3v) is 8.65. The van der Waals surface area contributed by atoms with Crippen molar-refractivity contribution < 1.29 is 32.5 Å². The number of piperidine rings is 1. The van der Waals surface area contributed by atoms with E-state index in [1.54, 1.807) is 20.0 Å². The van der Waals surface area contributed by atoms with E-state index in [4.69, 9.17) is 9.47 Å². The molecular weight excluding hydrogens is 589 g/mol. The van der Waals surface area contributed by atoms with Gasteiger partial charge in [0, 0.05) is 75.6 Å². The van der Waals surface area contributed by atoms with Gasteiger partial charge in [-0.3, -0.25) is 9.78 Å². The summed E-state index contributed by atoms with van der Waals surface area (Å²) in [4.78, 5) is 30.1. The lowest BCUT2D eigenvalue weighted by Gasteiger charge is -2.44. The summed E-state index contributed by atoms with van der Waals surface area (Å²) < 4.78 is 54.4. The van der Waals surface area contributed by atoms with Crippen LogP contribution in [0.15, 0.2) is 43.0 Å². The molecular formula is C32H37F3N6O4. The van der Waals surface area contributed by atoms with Gasteiger partial charge >= 0.3 is 0 Å². The van der Waals surface area contributed by atoms with Crippen LogP contribution in [0.3, 0.4) is 0 Å². The number of amides is 1. The van der Waals surface area contributed by atoms with Crippen LogP contribution in [0.4, 0.5) is 19.0 Å². The number of ether oxygens (including phenoxy) is 2. The minimum absolute atomic E-state index is 0.0443. The van der Waals surface area contributed by atoms with Crippen molar-refractivity contribution in [2.24, 2.45) is 0 Å². The molecule has 6 rings (SSSR count). The molecule has 1 saturated carbocycles. The SMILES string of the molecule is CC(C)N(C(=O)c1cc(F)ccc1Oc1cncnc1N1CCC(Oc2ccnc3c2C(CO)NCC3)CC1)C1CC(F)(F)C1. The molecule has 0 spiro atoms. The standard InChI is InChI=1S/C32H37F3N6O4/c1-19(2)41(21-14-32(34,35)15-21)31(43)23-13-20(33)3-4-26(23)45-28-16-36-18-39-30(28)40-11-7-22(8-12-40)44-27-6-10-37-24-5-9-38-25(17-42)29(24)27/h3-4,6,10,13,16,18-19,21-22,25,38,42H,5,7-9,11-12,14-15,17H2,1-2H3. The predicted molar refractivity (Wildman–Crippen MR) is 159 cm³/mol. The van der Waals surface area contributed by atoms with Crippen molar-refractivity contribution in [3.05, 3.63) is 65.6 Å². The van der Waals surface area contributed by atoms with Crippen molar-refractivity contribution in [1.29, 1.82) is 0 Å². The molecule has 1 aromatic carbocycles. The van der Waals surface area contributed by atoms with Crippen LogP contribution in [0.5, 0.6) is 17.2 Å². The lowest BCUT2D eigenvalue weighted by Crippen LogP contribution is -2.55. The van der Waals surface area contributed by atoms with E-state index < -0.39 is 36.5 Å². The van der Waals surface area contributed by atoms with Crippen LogP contribution in [0, 0.1) is 5.82 Å². The van der Waals surface area contributed by atoms with E-state index in [1.165, 1.54) is 29.6 Å². The van der Waals surface area contributed by atoms with Gasteiger partial charge in [0.25, 0.3) is 11.8 Å². The molecule has 45 heavy (non-hydrogen) atoms. The second kappa shape index (κ2) is 12.8. The Labute approximate surface area is 259 Å². The molecule has 2 fully saturated rings. The molecule has 3 aliphatic rings. The van der Waals surface area contributed by atoms with Gasteiger partial charge in [0.1, 0.15) is 29.7 Å². The molecule has 1 saturated heterocycles. The monoisotopic (exact) mass is 626 g/mol. The van der Waals surface area contributed by atoms with Crippen molar-refractivity contribution >= 4 is 11.7 Å². The molecule has 2 aromatic heterocycles. The number of carbonyl (C=O) groups is 1. The van der Waals surface area contributed by atoms with Crippen LogP contribution in [0.25, 0.3) is 0 Å².